The molecule has 0 saturated carbocycles. The second kappa shape index (κ2) is 19.9. The number of ether oxygens (including phenoxy) is 9. The van der Waals surface area contributed by atoms with Gasteiger partial charge in [0.25, 0.3) is 0 Å². The van der Waals surface area contributed by atoms with Gasteiger partial charge < -0.3 is 119 Å². The zero-order chi connectivity index (χ0) is 42.0. The summed E-state index contributed by atoms with van der Waals surface area (Å²) < 4.78 is 51.3. The summed E-state index contributed by atoms with van der Waals surface area (Å²) in [6, 6.07) is -1.64. The van der Waals surface area contributed by atoms with E-state index in [-0.39, 0.29) is 0 Å². The van der Waals surface area contributed by atoms with E-state index in [9.17, 15) is 76.3 Å². The summed E-state index contributed by atoms with van der Waals surface area (Å²) in [6.45, 7) is -1.47. The molecule has 15 unspecified atom stereocenters. The number of aliphatic hydroxyl groups excluding tert-OH is 14. The zero-order valence-corrected chi connectivity index (χ0v) is 30.7. The molecule has 5 heterocycles. The molecule has 57 heavy (non-hydrogen) atoms. The predicted molar refractivity (Wildman–Crippen MR) is 176 cm³/mol. The summed E-state index contributed by atoms with van der Waals surface area (Å²) in [5, 5.41) is 150. The Labute approximate surface area is 324 Å². The maximum Gasteiger partial charge on any atom is 0.217 e. The van der Waals surface area contributed by atoms with E-state index in [1.54, 1.807) is 0 Å². The van der Waals surface area contributed by atoms with E-state index >= 15 is 0 Å². The lowest BCUT2D eigenvalue weighted by atomic mass is 9.94. The first-order valence-corrected chi connectivity index (χ1v) is 18.3. The van der Waals surface area contributed by atoms with Crippen LogP contribution >= 0.6 is 0 Å². The van der Waals surface area contributed by atoms with Crippen molar-refractivity contribution >= 4 is 5.91 Å². The molecule has 5 aliphatic rings. The Morgan fingerprint density at radius 1 is 0.509 bits per heavy atom. The molecule has 15 N–H and O–H groups in total. The number of nitrogens with one attached hydrogen (secondary N) is 1. The molecule has 24 atom stereocenters. The molecule has 0 aromatic rings. The van der Waals surface area contributed by atoms with Gasteiger partial charge in [0.2, 0.25) is 5.91 Å². The van der Waals surface area contributed by atoms with Crippen molar-refractivity contribution in [1.29, 1.82) is 0 Å². The van der Waals surface area contributed by atoms with Gasteiger partial charge in [-0.2, -0.15) is 0 Å². The van der Waals surface area contributed by atoms with Crippen LogP contribution in [0.4, 0.5) is 0 Å². The summed E-state index contributed by atoms with van der Waals surface area (Å²) in [4.78, 5) is 12.5. The van der Waals surface area contributed by atoms with Crippen LogP contribution in [0.2, 0.25) is 0 Å². The first kappa shape index (κ1) is 46.6. The number of hydrogen-bond acceptors (Lipinski definition) is 24. The summed E-state index contributed by atoms with van der Waals surface area (Å²) in [5.41, 5.74) is 0. The van der Waals surface area contributed by atoms with Crippen LogP contribution < -0.4 is 5.32 Å². The zero-order valence-electron chi connectivity index (χ0n) is 30.7. The highest BCUT2D eigenvalue weighted by Crippen LogP contribution is 2.35. The molecule has 0 radical (unpaired) electrons. The summed E-state index contributed by atoms with van der Waals surface area (Å²) in [5.74, 6) is -0.780. The van der Waals surface area contributed by atoms with Crippen molar-refractivity contribution < 1.29 is 119 Å². The Morgan fingerprint density at radius 3 is 1.51 bits per heavy atom. The fraction of sp³-hybridized carbons (Fsp3) is 0.969. The minimum atomic E-state index is -2.08. The Balaban J connectivity index is 1.40. The first-order valence-electron chi connectivity index (χ1n) is 18.3. The van der Waals surface area contributed by atoms with Crippen LogP contribution in [0, 0.1) is 0 Å². The summed E-state index contributed by atoms with van der Waals surface area (Å²) >= 11 is 0. The van der Waals surface area contributed by atoms with Crippen molar-refractivity contribution in [2.45, 2.75) is 161 Å². The molecule has 5 aliphatic heterocycles. The van der Waals surface area contributed by atoms with E-state index in [1.165, 1.54) is 6.92 Å². The minimum absolute atomic E-state index is 0.440. The largest absolute Gasteiger partial charge is 0.394 e. The number of carbonyl (C=O) groups excluding carboxylic acids is 1. The smallest absolute Gasteiger partial charge is 0.217 e. The maximum absolute atomic E-state index is 12.5. The fourth-order valence-corrected chi connectivity index (χ4v) is 7.32. The lowest BCUT2D eigenvalue weighted by Crippen LogP contribution is -2.70. The molecule has 25 heteroatoms. The lowest BCUT2D eigenvalue weighted by Gasteiger charge is -2.50. The van der Waals surface area contributed by atoms with Crippen LogP contribution in [0.5, 0.6) is 0 Å². The van der Waals surface area contributed by atoms with Gasteiger partial charge in [-0.15, -0.1) is 0 Å². The molecule has 0 aromatic carbocycles. The molecule has 0 bridgehead atoms. The third-order valence-electron chi connectivity index (χ3n) is 10.6. The molecule has 0 aromatic heterocycles. The summed E-state index contributed by atoms with van der Waals surface area (Å²) in [6.07, 6.45) is -39.2. The van der Waals surface area contributed by atoms with Gasteiger partial charge >= 0.3 is 0 Å². The van der Waals surface area contributed by atoms with E-state index < -0.39 is 186 Å². The second-order valence-corrected chi connectivity index (χ2v) is 14.6. The highest BCUT2D eigenvalue weighted by molar-refractivity contribution is 5.73. The summed E-state index contributed by atoms with van der Waals surface area (Å²) in [7, 11) is 0. The fourth-order valence-electron chi connectivity index (χ4n) is 7.32. The van der Waals surface area contributed by atoms with Gasteiger partial charge in [0.15, 0.2) is 25.2 Å². The number of carbonyl (C=O) groups is 1. The minimum Gasteiger partial charge on any atom is -0.394 e. The van der Waals surface area contributed by atoms with E-state index in [0.717, 1.165) is 6.92 Å². The normalized spacial score (nSPS) is 51.0. The molecular formula is C32H55NO24. The molecule has 5 rings (SSSR count). The van der Waals surface area contributed by atoms with Crippen LogP contribution in [0.25, 0.3) is 0 Å². The van der Waals surface area contributed by atoms with Crippen LogP contribution in [0.3, 0.4) is 0 Å². The molecule has 1 amide bonds. The number of rotatable bonds is 13. The lowest BCUT2D eigenvalue weighted by molar-refractivity contribution is -0.381. The second-order valence-electron chi connectivity index (χ2n) is 14.6. The first-order chi connectivity index (χ1) is 27.0. The van der Waals surface area contributed by atoms with E-state index in [4.69, 9.17) is 42.6 Å². The SMILES string of the molecule is CC(=O)NC1C(O[C@@H]2OC(CO)[C@H](O)C(O)C2O)[C@H](O)C(CO)O[C@H]1OC1C(O)[C@H](O[C@@H]2C(CO)OCC(O)C2O[C@@H]2OC(C)[C@@H](O)C(O)C2O)OC(CO)[C@@H]1O. The average molecular weight is 838 g/mol. The van der Waals surface area contributed by atoms with Gasteiger partial charge in [-0.3, -0.25) is 4.79 Å². The van der Waals surface area contributed by atoms with E-state index in [0.29, 0.717) is 0 Å². The van der Waals surface area contributed by atoms with Crippen LogP contribution in [-0.2, 0) is 47.4 Å². The van der Waals surface area contributed by atoms with Crippen molar-refractivity contribution in [3.63, 3.8) is 0 Å². The molecule has 0 spiro atoms. The quantitative estimate of drug-likeness (QED) is 0.0819. The maximum atomic E-state index is 12.5. The third kappa shape index (κ3) is 9.87. The Hall–Kier alpha value is -1.45. The van der Waals surface area contributed by atoms with E-state index in [1.807, 2.05) is 0 Å². The van der Waals surface area contributed by atoms with Gasteiger partial charge in [-0.1, -0.05) is 0 Å². The monoisotopic (exact) mass is 837 g/mol. The van der Waals surface area contributed by atoms with Gasteiger partial charge in [0.05, 0.1) is 39.1 Å². The standard InChI is InChI=1S/C32H55NO24/c1-8-16(40)20(44)22(46)30(50-8)54-25-10(39)7-49-14(6-37)26(25)55-32-24(48)28(19(43)13(5-36)53-32)57-29-15(33-9(2)38)27(18(42)12(4-35)51-29)56-31-23(47)21(45)17(41)11(3-34)52-31/h8,10-32,34-37,39-48H,3-7H2,1-2H3,(H,33,38)/t8?,10?,11?,12?,13?,14?,15?,16-,17+,18-,19+,20?,21?,22?,23?,24?,25?,26-,27?,28?,29+,30+,31+,32+/m1/s1. The number of aliphatic hydroxyl groups is 14. The van der Waals surface area contributed by atoms with Gasteiger partial charge in [0.1, 0.15) is 116 Å². The molecule has 332 valence electrons. The molecular weight excluding hydrogens is 782 g/mol. The van der Waals surface area contributed by atoms with Gasteiger partial charge in [-0.05, 0) is 6.92 Å². The molecule has 5 saturated heterocycles. The van der Waals surface area contributed by atoms with Crippen molar-refractivity contribution in [3.05, 3.63) is 0 Å². The van der Waals surface area contributed by atoms with E-state index in [2.05, 4.69) is 5.32 Å². The third-order valence-corrected chi connectivity index (χ3v) is 10.6. The molecule has 0 aliphatic carbocycles. The van der Waals surface area contributed by atoms with Crippen molar-refractivity contribution in [2.24, 2.45) is 0 Å². The van der Waals surface area contributed by atoms with Crippen LogP contribution in [0.1, 0.15) is 13.8 Å². The average Bonchev–Trinajstić information content (AvgIpc) is 3.18. The van der Waals surface area contributed by atoms with Crippen molar-refractivity contribution in [3.8, 4) is 0 Å². The Bertz CT molecular complexity index is 1270. The topological polar surface area (TPSA) is 395 Å². The Morgan fingerprint density at radius 2 is 0.947 bits per heavy atom. The van der Waals surface area contributed by atoms with Crippen LogP contribution in [-0.4, -0.2) is 258 Å². The molecule has 25 nitrogen and oxygen atoms in total. The van der Waals surface area contributed by atoms with Crippen molar-refractivity contribution in [2.75, 3.05) is 33.0 Å². The number of hydrogen-bond donors (Lipinski definition) is 15. The van der Waals surface area contributed by atoms with Gasteiger partial charge in [-0.25, -0.2) is 0 Å². The van der Waals surface area contributed by atoms with Gasteiger partial charge in [0, 0.05) is 6.92 Å². The molecule has 5 fully saturated rings. The van der Waals surface area contributed by atoms with Crippen LogP contribution in [0.15, 0.2) is 0 Å². The highest BCUT2D eigenvalue weighted by Gasteiger charge is 2.56. The number of amides is 1. The Kier molecular flexibility index (Phi) is 16.3. The predicted octanol–water partition coefficient (Wildman–Crippen LogP) is -10.1. The highest BCUT2D eigenvalue weighted by atomic mass is 16.8. The van der Waals surface area contributed by atoms with Crippen molar-refractivity contribution in [1.82, 2.24) is 5.32 Å².